The zero-order chi connectivity index (χ0) is 11.4. The highest BCUT2D eigenvalue weighted by atomic mass is 16.4. The van der Waals surface area contributed by atoms with Crippen molar-refractivity contribution in [2.45, 2.75) is 37.3 Å². The van der Waals surface area contributed by atoms with Crippen LogP contribution in [0.4, 0.5) is 0 Å². The first-order chi connectivity index (χ1) is 6.42. The van der Waals surface area contributed by atoms with Gasteiger partial charge in [0.15, 0.2) is 6.29 Å². The third-order valence-corrected chi connectivity index (χ3v) is 2.19. The van der Waals surface area contributed by atoms with Gasteiger partial charge in [0.05, 0.1) is 6.61 Å². The van der Waals surface area contributed by atoms with Gasteiger partial charge in [0.2, 0.25) is 0 Å². The Hall–Kier alpha value is -0.530. The van der Waals surface area contributed by atoms with Crippen molar-refractivity contribution in [3.63, 3.8) is 0 Å². The Labute approximate surface area is 81.4 Å². The van der Waals surface area contributed by atoms with Crippen LogP contribution in [0.25, 0.3) is 0 Å². The molecule has 84 valence electrons. The Morgan fingerprint density at radius 3 is 2.14 bits per heavy atom. The van der Waals surface area contributed by atoms with E-state index in [-0.39, 0.29) is 12.7 Å². The Morgan fingerprint density at radius 2 is 1.86 bits per heavy atom. The number of aldehydes is 1. The van der Waals surface area contributed by atoms with Crippen molar-refractivity contribution in [3.8, 4) is 0 Å². The molecular weight excluding hydrogens is 192 g/mol. The van der Waals surface area contributed by atoms with E-state index in [1.54, 1.807) is 0 Å². The van der Waals surface area contributed by atoms with Crippen LogP contribution < -0.4 is 0 Å². The summed E-state index contributed by atoms with van der Waals surface area (Å²) in [4.78, 5) is 10.4. The van der Waals surface area contributed by atoms with Crippen molar-refractivity contribution in [2.75, 3.05) is 6.61 Å². The van der Waals surface area contributed by atoms with Crippen molar-refractivity contribution in [1.82, 2.24) is 0 Å². The first kappa shape index (κ1) is 13.5. The average Bonchev–Trinajstić information content (AvgIpc) is 2.24. The lowest BCUT2D eigenvalue weighted by molar-refractivity contribution is -0.165. The Bertz CT molecular complexity index is 185. The summed E-state index contributed by atoms with van der Waals surface area (Å²) in [6.45, 7) is 0.673. The third-order valence-electron chi connectivity index (χ3n) is 2.19. The maximum atomic E-state index is 10.4. The van der Waals surface area contributed by atoms with E-state index in [2.05, 4.69) is 0 Å². The van der Waals surface area contributed by atoms with Crippen LogP contribution in [0, 0.1) is 0 Å². The zero-order valence-corrected chi connectivity index (χ0v) is 7.87. The molecule has 4 atom stereocenters. The summed E-state index contributed by atoms with van der Waals surface area (Å²) in [6, 6.07) is 0. The summed E-state index contributed by atoms with van der Waals surface area (Å²) in [6.07, 6.45) is -5.19. The molecule has 0 bridgehead atoms. The highest BCUT2D eigenvalue weighted by Gasteiger charge is 2.40. The van der Waals surface area contributed by atoms with Crippen LogP contribution in [0.2, 0.25) is 0 Å². The molecule has 0 amide bonds. The maximum Gasteiger partial charge on any atom is 0.154 e. The summed E-state index contributed by atoms with van der Waals surface area (Å²) >= 11 is 0. The second-order valence-corrected chi connectivity index (χ2v) is 3.15. The molecule has 14 heavy (non-hydrogen) atoms. The van der Waals surface area contributed by atoms with Gasteiger partial charge in [0, 0.05) is 0 Å². The number of carbonyl (C=O) groups excluding carboxylic acids is 1. The smallest absolute Gasteiger partial charge is 0.154 e. The minimum absolute atomic E-state index is 0.102. The molecule has 0 aromatic heterocycles. The number of hydrogen-bond acceptors (Lipinski definition) is 6. The second-order valence-electron chi connectivity index (χ2n) is 3.15. The lowest BCUT2D eigenvalue weighted by atomic mass is 9.89. The van der Waals surface area contributed by atoms with E-state index in [4.69, 9.17) is 10.2 Å². The fraction of sp³-hybridized carbons (Fsp3) is 0.875. The predicted molar refractivity (Wildman–Crippen MR) is 46.4 cm³/mol. The van der Waals surface area contributed by atoms with Crippen LogP contribution in [0.15, 0.2) is 0 Å². The molecule has 0 saturated carbocycles. The van der Waals surface area contributed by atoms with Gasteiger partial charge in [-0.05, 0) is 6.42 Å². The first-order valence-electron chi connectivity index (χ1n) is 4.26. The highest BCUT2D eigenvalue weighted by molar-refractivity contribution is 5.63. The molecule has 6 heteroatoms. The standard InChI is InChI=1S/C8H16O6/c1-2-8(14,4-10)7(13)6(12)5(11)3-9/h4-7,9,11-14H,2-3H2,1H3/t5-,6-,7+,8-/m1/s1. The number of rotatable bonds is 6. The molecule has 0 aliphatic rings. The molecule has 6 nitrogen and oxygen atoms in total. The molecule has 0 saturated heterocycles. The Balaban J connectivity index is 4.57. The molecule has 0 heterocycles. The van der Waals surface area contributed by atoms with Gasteiger partial charge in [0.1, 0.15) is 23.9 Å². The molecule has 0 aromatic carbocycles. The number of aliphatic hydroxyl groups excluding tert-OH is 4. The second kappa shape index (κ2) is 5.38. The van der Waals surface area contributed by atoms with Crippen molar-refractivity contribution >= 4 is 6.29 Å². The first-order valence-corrected chi connectivity index (χ1v) is 4.26. The van der Waals surface area contributed by atoms with E-state index in [0.717, 1.165) is 0 Å². The average molecular weight is 208 g/mol. The van der Waals surface area contributed by atoms with Crippen molar-refractivity contribution in [1.29, 1.82) is 0 Å². The van der Waals surface area contributed by atoms with E-state index in [1.807, 2.05) is 0 Å². The van der Waals surface area contributed by atoms with Gasteiger partial charge in [0.25, 0.3) is 0 Å². The topological polar surface area (TPSA) is 118 Å². The van der Waals surface area contributed by atoms with Crippen LogP contribution in [0.5, 0.6) is 0 Å². The molecule has 5 N–H and O–H groups in total. The quantitative estimate of drug-likeness (QED) is 0.305. The predicted octanol–water partition coefficient (Wildman–Crippen LogP) is -2.60. The Kier molecular flexibility index (Phi) is 5.17. The summed E-state index contributed by atoms with van der Waals surface area (Å²) in [5, 5.41) is 45.4. The minimum atomic E-state index is -2.10. The highest BCUT2D eigenvalue weighted by Crippen LogP contribution is 2.17. The summed E-state index contributed by atoms with van der Waals surface area (Å²) in [5.74, 6) is 0. The van der Waals surface area contributed by atoms with Crippen molar-refractivity contribution in [3.05, 3.63) is 0 Å². The number of aliphatic hydroxyl groups is 5. The lowest BCUT2D eigenvalue weighted by Crippen LogP contribution is -2.54. The molecule has 0 fully saturated rings. The van der Waals surface area contributed by atoms with Gasteiger partial charge in [-0.15, -0.1) is 0 Å². The maximum absolute atomic E-state index is 10.4. The van der Waals surface area contributed by atoms with E-state index in [9.17, 15) is 20.1 Å². The third kappa shape index (κ3) is 2.73. The largest absolute Gasteiger partial charge is 0.394 e. The number of carbonyl (C=O) groups is 1. The number of hydrogen-bond donors (Lipinski definition) is 5. The molecular formula is C8H16O6. The molecule has 0 aliphatic heterocycles. The SMILES string of the molecule is CC[C@@](O)(C=O)[C@@H](O)[C@H](O)[C@H](O)CO. The van der Waals surface area contributed by atoms with E-state index < -0.39 is 30.5 Å². The van der Waals surface area contributed by atoms with E-state index in [1.165, 1.54) is 6.92 Å². The summed E-state index contributed by atoms with van der Waals surface area (Å²) in [7, 11) is 0. The van der Waals surface area contributed by atoms with Gasteiger partial charge in [-0.1, -0.05) is 6.92 Å². The molecule has 0 aromatic rings. The van der Waals surface area contributed by atoms with Crippen LogP contribution in [-0.4, -0.2) is 62.3 Å². The Morgan fingerprint density at radius 1 is 1.36 bits per heavy atom. The molecule has 0 rings (SSSR count). The molecule has 0 spiro atoms. The van der Waals surface area contributed by atoms with Gasteiger partial charge in [-0.3, -0.25) is 0 Å². The lowest BCUT2D eigenvalue weighted by Gasteiger charge is -2.31. The van der Waals surface area contributed by atoms with Crippen LogP contribution in [-0.2, 0) is 4.79 Å². The van der Waals surface area contributed by atoms with Crippen LogP contribution >= 0.6 is 0 Å². The van der Waals surface area contributed by atoms with E-state index >= 15 is 0 Å². The minimum Gasteiger partial charge on any atom is -0.394 e. The summed E-state index contributed by atoms with van der Waals surface area (Å²) < 4.78 is 0. The molecule has 0 aliphatic carbocycles. The van der Waals surface area contributed by atoms with Crippen molar-refractivity contribution < 1.29 is 30.3 Å². The summed E-state index contributed by atoms with van der Waals surface area (Å²) in [5.41, 5.74) is -2.10. The molecule has 0 radical (unpaired) electrons. The fourth-order valence-electron chi connectivity index (χ4n) is 0.976. The van der Waals surface area contributed by atoms with Gasteiger partial charge in [-0.2, -0.15) is 0 Å². The molecule has 0 unspecified atom stereocenters. The van der Waals surface area contributed by atoms with Gasteiger partial charge < -0.3 is 30.3 Å². The van der Waals surface area contributed by atoms with Crippen molar-refractivity contribution in [2.24, 2.45) is 0 Å². The monoisotopic (exact) mass is 208 g/mol. The zero-order valence-electron chi connectivity index (χ0n) is 7.87. The van der Waals surface area contributed by atoms with Crippen LogP contribution in [0.3, 0.4) is 0 Å². The fourth-order valence-corrected chi connectivity index (χ4v) is 0.976. The van der Waals surface area contributed by atoms with Crippen LogP contribution in [0.1, 0.15) is 13.3 Å². The normalized spacial score (nSPS) is 22.1. The van der Waals surface area contributed by atoms with E-state index in [0.29, 0.717) is 0 Å². The van der Waals surface area contributed by atoms with Gasteiger partial charge in [-0.25, -0.2) is 0 Å². The van der Waals surface area contributed by atoms with Gasteiger partial charge >= 0.3 is 0 Å².